The van der Waals surface area contributed by atoms with Crippen LogP contribution in [0.15, 0.2) is 12.2 Å². The van der Waals surface area contributed by atoms with Crippen LogP contribution in [0.1, 0.15) is 33.6 Å². The van der Waals surface area contributed by atoms with Crippen molar-refractivity contribution in [3.8, 4) is 0 Å². The highest BCUT2D eigenvalue weighted by molar-refractivity contribution is 5.64. The minimum Gasteiger partial charge on any atom is -0.299 e. The van der Waals surface area contributed by atoms with Crippen molar-refractivity contribution in [2.75, 3.05) is 0 Å². The molecule has 10 heavy (non-hydrogen) atoms. The Balaban J connectivity index is 3.37. The summed E-state index contributed by atoms with van der Waals surface area (Å²) in [5.41, 5.74) is 0.382. The van der Waals surface area contributed by atoms with Crippen LogP contribution < -0.4 is 0 Å². The van der Waals surface area contributed by atoms with Gasteiger partial charge in [0.2, 0.25) is 0 Å². The van der Waals surface area contributed by atoms with Crippen LogP contribution in [0.2, 0.25) is 0 Å². The fourth-order valence-corrected chi connectivity index (χ4v) is 0.668. The van der Waals surface area contributed by atoms with E-state index in [1.807, 2.05) is 6.08 Å². The van der Waals surface area contributed by atoms with Gasteiger partial charge < -0.3 is 0 Å². The molecular formula is C9H16O. The third-order valence-corrected chi connectivity index (χ3v) is 1.28. The maximum absolute atomic E-state index is 9.84. The molecule has 0 atom stereocenters. The van der Waals surface area contributed by atoms with Gasteiger partial charge in [-0.05, 0) is 24.3 Å². The molecule has 0 aromatic carbocycles. The highest BCUT2D eigenvalue weighted by Crippen LogP contribution is 2.20. The Kier molecular flexibility index (Phi) is 4.01. The molecule has 0 aliphatic carbocycles. The largest absolute Gasteiger partial charge is 0.299 e. The molecule has 0 radical (unpaired) electrons. The van der Waals surface area contributed by atoms with E-state index >= 15 is 0 Å². The smallest absolute Gasteiger partial charge is 0.142 e. The predicted molar refractivity (Wildman–Crippen MR) is 43.9 cm³/mol. The van der Waals surface area contributed by atoms with Crippen molar-refractivity contribution in [3.05, 3.63) is 12.2 Å². The lowest BCUT2D eigenvalue weighted by Gasteiger charge is -2.15. The normalized spacial score (nSPS) is 12.3. The first-order chi connectivity index (χ1) is 4.56. The molecule has 0 rings (SSSR count). The van der Waals surface area contributed by atoms with Gasteiger partial charge in [-0.2, -0.15) is 0 Å². The minimum absolute atomic E-state index is 0.382. The van der Waals surface area contributed by atoms with Crippen LogP contribution in [-0.2, 0) is 4.79 Å². The number of hydrogen-bond donors (Lipinski definition) is 0. The summed E-state index contributed by atoms with van der Waals surface area (Å²) in [7, 11) is 0. The number of rotatable bonds is 3. The van der Waals surface area contributed by atoms with Gasteiger partial charge in [-0.15, -0.1) is 0 Å². The molecule has 0 aliphatic rings. The van der Waals surface area contributed by atoms with Gasteiger partial charge in [-0.3, -0.25) is 4.79 Å². The first kappa shape index (κ1) is 9.41. The molecule has 0 N–H and O–H groups in total. The first-order valence-corrected chi connectivity index (χ1v) is 3.66. The SMILES string of the molecule is CC(C)(C)CC/C=C\C=O. The van der Waals surface area contributed by atoms with Gasteiger partial charge in [0, 0.05) is 0 Å². The number of allylic oxidation sites excluding steroid dienone is 2. The molecule has 0 fully saturated rings. The fourth-order valence-electron chi connectivity index (χ4n) is 0.668. The summed E-state index contributed by atoms with van der Waals surface area (Å²) in [4.78, 5) is 9.84. The molecule has 0 aromatic rings. The second kappa shape index (κ2) is 4.26. The van der Waals surface area contributed by atoms with Crippen molar-refractivity contribution < 1.29 is 4.79 Å². The zero-order valence-electron chi connectivity index (χ0n) is 7.05. The number of hydrogen-bond acceptors (Lipinski definition) is 1. The van der Waals surface area contributed by atoms with Crippen LogP contribution in [0.5, 0.6) is 0 Å². The molecule has 0 aliphatic heterocycles. The highest BCUT2D eigenvalue weighted by Gasteiger charge is 2.07. The molecule has 1 nitrogen and oxygen atoms in total. The molecule has 0 amide bonds. The van der Waals surface area contributed by atoms with Crippen LogP contribution in [0.3, 0.4) is 0 Å². The molecule has 0 aromatic heterocycles. The minimum atomic E-state index is 0.382. The second-order valence-corrected chi connectivity index (χ2v) is 3.66. The van der Waals surface area contributed by atoms with Gasteiger partial charge in [-0.1, -0.05) is 26.8 Å². The molecule has 0 unspecified atom stereocenters. The van der Waals surface area contributed by atoms with Gasteiger partial charge in [0.05, 0.1) is 0 Å². The van der Waals surface area contributed by atoms with E-state index in [1.54, 1.807) is 6.08 Å². The van der Waals surface area contributed by atoms with Gasteiger partial charge in [0.1, 0.15) is 6.29 Å². The predicted octanol–water partition coefficient (Wildman–Crippen LogP) is 2.57. The van der Waals surface area contributed by atoms with Crippen molar-refractivity contribution in [1.29, 1.82) is 0 Å². The second-order valence-electron chi connectivity index (χ2n) is 3.66. The Morgan fingerprint density at radius 1 is 1.30 bits per heavy atom. The summed E-state index contributed by atoms with van der Waals surface area (Å²) in [6.45, 7) is 6.59. The van der Waals surface area contributed by atoms with Crippen LogP contribution >= 0.6 is 0 Å². The number of aldehydes is 1. The molecule has 0 saturated carbocycles. The quantitative estimate of drug-likeness (QED) is 0.435. The van der Waals surface area contributed by atoms with E-state index in [4.69, 9.17) is 0 Å². The van der Waals surface area contributed by atoms with E-state index < -0.39 is 0 Å². The monoisotopic (exact) mass is 140 g/mol. The average Bonchev–Trinajstić information content (AvgIpc) is 1.78. The summed E-state index contributed by atoms with van der Waals surface area (Å²) < 4.78 is 0. The maximum Gasteiger partial charge on any atom is 0.142 e. The van der Waals surface area contributed by atoms with Crippen LogP contribution in [-0.4, -0.2) is 6.29 Å². The van der Waals surface area contributed by atoms with E-state index in [9.17, 15) is 4.79 Å². The molecular weight excluding hydrogens is 124 g/mol. The maximum atomic E-state index is 9.84. The summed E-state index contributed by atoms with van der Waals surface area (Å²) >= 11 is 0. The van der Waals surface area contributed by atoms with Gasteiger partial charge in [-0.25, -0.2) is 0 Å². The van der Waals surface area contributed by atoms with Crippen LogP contribution in [0.4, 0.5) is 0 Å². The van der Waals surface area contributed by atoms with E-state index in [2.05, 4.69) is 20.8 Å². The van der Waals surface area contributed by atoms with Gasteiger partial charge >= 0.3 is 0 Å². The summed E-state index contributed by atoms with van der Waals surface area (Å²) in [6, 6.07) is 0. The summed E-state index contributed by atoms with van der Waals surface area (Å²) in [6.07, 6.45) is 6.44. The number of carbonyl (C=O) groups excluding carboxylic acids is 1. The first-order valence-electron chi connectivity index (χ1n) is 3.66. The third kappa shape index (κ3) is 7.41. The Labute approximate surface area is 63.1 Å². The Morgan fingerprint density at radius 3 is 2.30 bits per heavy atom. The van der Waals surface area contributed by atoms with Crippen LogP contribution in [0, 0.1) is 5.41 Å². The van der Waals surface area contributed by atoms with Gasteiger partial charge in [0.25, 0.3) is 0 Å². The standard InChI is InChI=1S/C9H16O/c1-9(2,3)7-5-4-6-8-10/h4,6,8H,5,7H2,1-3H3/b6-4-. The van der Waals surface area contributed by atoms with Crippen LogP contribution in [0.25, 0.3) is 0 Å². The highest BCUT2D eigenvalue weighted by atomic mass is 16.1. The third-order valence-electron chi connectivity index (χ3n) is 1.28. The lowest BCUT2D eigenvalue weighted by Crippen LogP contribution is -2.02. The summed E-state index contributed by atoms with van der Waals surface area (Å²) in [5, 5.41) is 0. The Hall–Kier alpha value is -0.590. The lowest BCUT2D eigenvalue weighted by atomic mass is 9.91. The molecule has 0 heterocycles. The zero-order chi connectivity index (χ0) is 8.04. The molecule has 0 saturated heterocycles. The summed E-state index contributed by atoms with van der Waals surface area (Å²) in [5.74, 6) is 0. The van der Waals surface area contributed by atoms with E-state index in [1.165, 1.54) is 0 Å². The van der Waals surface area contributed by atoms with Crippen molar-refractivity contribution >= 4 is 6.29 Å². The number of carbonyl (C=O) groups is 1. The molecule has 0 spiro atoms. The van der Waals surface area contributed by atoms with Crippen molar-refractivity contribution in [2.45, 2.75) is 33.6 Å². The topological polar surface area (TPSA) is 17.1 Å². The fraction of sp³-hybridized carbons (Fsp3) is 0.667. The average molecular weight is 140 g/mol. The Bertz CT molecular complexity index is 117. The zero-order valence-corrected chi connectivity index (χ0v) is 7.05. The molecule has 58 valence electrons. The molecule has 0 bridgehead atoms. The van der Waals surface area contributed by atoms with Crippen molar-refractivity contribution in [1.82, 2.24) is 0 Å². The van der Waals surface area contributed by atoms with E-state index in [-0.39, 0.29) is 0 Å². The van der Waals surface area contributed by atoms with E-state index in [0.29, 0.717) is 5.41 Å². The Morgan fingerprint density at radius 2 is 1.90 bits per heavy atom. The van der Waals surface area contributed by atoms with Crippen molar-refractivity contribution in [2.24, 2.45) is 5.41 Å². The van der Waals surface area contributed by atoms with Crippen molar-refractivity contribution in [3.63, 3.8) is 0 Å². The van der Waals surface area contributed by atoms with E-state index in [0.717, 1.165) is 19.1 Å². The van der Waals surface area contributed by atoms with Gasteiger partial charge in [0.15, 0.2) is 0 Å². The molecule has 1 heteroatoms. The lowest BCUT2D eigenvalue weighted by molar-refractivity contribution is -0.104.